The molecule has 0 bridgehead atoms. The molecule has 0 aliphatic rings. The highest BCUT2D eigenvalue weighted by molar-refractivity contribution is 7.89. The van der Waals surface area contributed by atoms with Crippen molar-refractivity contribution in [2.75, 3.05) is 13.1 Å². The summed E-state index contributed by atoms with van der Waals surface area (Å²) in [5.74, 6) is 0. The molecule has 0 spiro atoms. The lowest BCUT2D eigenvalue weighted by molar-refractivity contribution is 0.435. The highest BCUT2D eigenvalue weighted by atomic mass is 35.5. The number of benzene rings is 1. The normalized spacial score (nSPS) is 11.5. The van der Waals surface area contributed by atoms with Crippen molar-refractivity contribution in [2.24, 2.45) is 0 Å². The first kappa shape index (κ1) is 15.0. The molecule has 0 aromatic heterocycles. The fourth-order valence-corrected chi connectivity index (χ4v) is 3.60. The summed E-state index contributed by atoms with van der Waals surface area (Å²) in [6.07, 6.45) is 0.163. The Balaban J connectivity index is 3.15. The molecule has 0 atom stereocenters. The van der Waals surface area contributed by atoms with Gasteiger partial charge in [0.2, 0.25) is 10.0 Å². The lowest BCUT2D eigenvalue weighted by Gasteiger charge is -2.20. The predicted molar refractivity (Wildman–Crippen MR) is 70.9 cm³/mol. The highest BCUT2D eigenvalue weighted by Crippen LogP contribution is 2.25. The van der Waals surface area contributed by atoms with Crippen molar-refractivity contribution in [1.29, 1.82) is 5.26 Å². The third-order valence-electron chi connectivity index (χ3n) is 2.53. The lowest BCUT2D eigenvalue weighted by atomic mass is 10.2. The van der Waals surface area contributed by atoms with Crippen molar-refractivity contribution < 1.29 is 8.42 Å². The second-order valence-corrected chi connectivity index (χ2v) is 6.15. The number of nitriles is 1. The third-order valence-corrected chi connectivity index (χ3v) is 4.99. The van der Waals surface area contributed by atoms with Crippen LogP contribution in [0.4, 0.5) is 0 Å². The van der Waals surface area contributed by atoms with Crippen LogP contribution in [0.5, 0.6) is 0 Å². The summed E-state index contributed by atoms with van der Waals surface area (Å²) in [7, 11) is -3.62. The monoisotopic (exact) mass is 286 g/mol. The topological polar surface area (TPSA) is 61.2 Å². The minimum atomic E-state index is -3.62. The van der Waals surface area contributed by atoms with E-state index in [0.717, 1.165) is 5.56 Å². The van der Waals surface area contributed by atoms with E-state index >= 15 is 0 Å². The number of hydrogen-bond donors (Lipinski definition) is 0. The van der Waals surface area contributed by atoms with Crippen molar-refractivity contribution in [2.45, 2.75) is 25.2 Å². The van der Waals surface area contributed by atoms with E-state index in [0.29, 0.717) is 6.54 Å². The first-order valence-corrected chi connectivity index (χ1v) is 7.38. The van der Waals surface area contributed by atoms with Crippen LogP contribution in [0.2, 0.25) is 5.02 Å². The van der Waals surface area contributed by atoms with Crippen molar-refractivity contribution in [3.8, 4) is 6.07 Å². The average molecular weight is 287 g/mol. The molecule has 0 aliphatic heterocycles. The molecule has 0 N–H and O–H groups in total. The van der Waals surface area contributed by atoms with E-state index in [-0.39, 0.29) is 22.9 Å². The van der Waals surface area contributed by atoms with Gasteiger partial charge in [-0.3, -0.25) is 0 Å². The summed E-state index contributed by atoms with van der Waals surface area (Å²) in [6, 6.07) is 6.77. The first-order valence-electron chi connectivity index (χ1n) is 5.56. The molecule has 1 aromatic rings. The average Bonchev–Trinajstić information content (AvgIpc) is 2.29. The van der Waals surface area contributed by atoms with Gasteiger partial charge < -0.3 is 0 Å². The molecule has 0 radical (unpaired) electrons. The van der Waals surface area contributed by atoms with Gasteiger partial charge in [-0.2, -0.15) is 9.57 Å². The Bertz CT molecular complexity index is 564. The Labute approximate surface area is 113 Å². The predicted octanol–water partition coefficient (Wildman–Crippen LogP) is 2.57. The van der Waals surface area contributed by atoms with Crippen LogP contribution in [-0.2, 0) is 10.0 Å². The van der Waals surface area contributed by atoms with Crippen LogP contribution in [-0.4, -0.2) is 25.8 Å². The number of sulfonamides is 1. The smallest absolute Gasteiger partial charge is 0.207 e. The van der Waals surface area contributed by atoms with E-state index in [1.807, 2.05) is 13.0 Å². The molecule has 0 saturated heterocycles. The van der Waals surface area contributed by atoms with Gasteiger partial charge in [-0.25, -0.2) is 8.42 Å². The second-order valence-electron chi connectivity index (χ2n) is 3.84. The molecule has 1 rings (SSSR count). The van der Waals surface area contributed by atoms with Crippen LogP contribution in [0.1, 0.15) is 18.9 Å². The van der Waals surface area contributed by atoms with E-state index in [9.17, 15) is 8.42 Å². The standard InChI is InChI=1S/C12H15ClN2O2S/c1-3-15(8-4-7-14)18(16,17)12-6-5-10(2)9-11(12)13/h5-6,9H,3-4,8H2,1-2H3. The molecule has 18 heavy (non-hydrogen) atoms. The zero-order valence-electron chi connectivity index (χ0n) is 10.4. The molecular weight excluding hydrogens is 272 g/mol. The van der Waals surface area contributed by atoms with E-state index in [2.05, 4.69) is 0 Å². The minimum absolute atomic E-state index is 0.0922. The van der Waals surface area contributed by atoms with Crippen LogP contribution in [0.3, 0.4) is 0 Å². The number of hydrogen-bond acceptors (Lipinski definition) is 3. The van der Waals surface area contributed by atoms with Crippen molar-refractivity contribution in [3.05, 3.63) is 28.8 Å². The maximum absolute atomic E-state index is 12.3. The van der Waals surface area contributed by atoms with E-state index < -0.39 is 10.0 Å². The fourth-order valence-electron chi connectivity index (χ4n) is 1.58. The van der Waals surface area contributed by atoms with Gasteiger partial charge in [-0.1, -0.05) is 24.6 Å². The van der Waals surface area contributed by atoms with Crippen LogP contribution < -0.4 is 0 Å². The zero-order valence-corrected chi connectivity index (χ0v) is 11.9. The summed E-state index contributed by atoms with van der Waals surface area (Å²) in [4.78, 5) is 0.0922. The van der Waals surface area contributed by atoms with Gasteiger partial charge in [0.05, 0.1) is 11.1 Å². The van der Waals surface area contributed by atoms with Gasteiger partial charge in [-0.05, 0) is 24.6 Å². The zero-order chi connectivity index (χ0) is 13.8. The fraction of sp³-hybridized carbons (Fsp3) is 0.417. The number of rotatable bonds is 5. The minimum Gasteiger partial charge on any atom is -0.207 e. The third kappa shape index (κ3) is 3.22. The molecule has 0 aliphatic carbocycles. The molecule has 0 fully saturated rings. The van der Waals surface area contributed by atoms with Crippen LogP contribution in [0.25, 0.3) is 0 Å². The van der Waals surface area contributed by atoms with Crippen LogP contribution >= 0.6 is 11.6 Å². The van der Waals surface area contributed by atoms with Crippen molar-refractivity contribution >= 4 is 21.6 Å². The Morgan fingerprint density at radius 2 is 2.11 bits per heavy atom. The highest BCUT2D eigenvalue weighted by Gasteiger charge is 2.24. The lowest BCUT2D eigenvalue weighted by Crippen LogP contribution is -2.31. The van der Waals surface area contributed by atoms with Crippen LogP contribution in [0, 0.1) is 18.3 Å². The first-order chi connectivity index (χ1) is 8.43. The Morgan fingerprint density at radius 3 is 2.61 bits per heavy atom. The summed E-state index contributed by atoms with van der Waals surface area (Å²) in [5, 5.41) is 8.75. The van der Waals surface area contributed by atoms with E-state index in [1.54, 1.807) is 19.1 Å². The largest absolute Gasteiger partial charge is 0.244 e. The number of aryl methyl sites for hydroxylation is 1. The Morgan fingerprint density at radius 1 is 1.44 bits per heavy atom. The van der Waals surface area contributed by atoms with Crippen LogP contribution in [0.15, 0.2) is 23.1 Å². The van der Waals surface area contributed by atoms with Crippen molar-refractivity contribution in [1.82, 2.24) is 4.31 Å². The number of nitrogens with zero attached hydrogens (tertiary/aromatic N) is 2. The quantitative estimate of drug-likeness (QED) is 0.836. The molecule has 0 saturated carbocycles. The maximum Gasteiger partial charge on any atom is 0.244 e. The van der Waals surface area contributed by atoms with Gasteiger partial charge in [0.1, 0.15) is 4.90 Å². The Hall–Kier alpha value is -1.09. The molecule has 0 amide bonds. The molecule has 98 valence electrons. The van der Waals surface area contributed by atoms with Gasteiger partial charge >= 0.3 is 0 Å². The second kappa shape index (κ2) is 6.19. The summed E-state index contributed by atoms with van der Waals surface area (Å²) < 4.78 is 25.9. The maximum atomic E-state index is 12.3. The summed E-state index contributed by atoms with van der Waals surface area (Å²) >= 11 is 5.98. The van der Waals surface area contributed by atoms with Gasteiger partial charge in [0.25, 0.3) is 0 Å². The molecule has 0 heterocycles. The van der Waals surface area contributed by atoms with Gasteiger partial charge in [0.15, 0.2) is 0 Å². The molecule has 0 unspecified atom stereocenters. The summed E-state index contributed by atoms with van der Waals surface area (Å²) in [5.41, 5.74) is 0.902. The number of halogens is 1. The molecule has 4 nitrogen and oxygen atoms in total. The molecule has 1 aromatic carbocycles. The summed E-state index contributed by atoms with van der Waals surface area (Å²) in [6.45, 7) is 4.07. The SMILES string of the molecule is CCN(CCC#N)S(=O)(=O)c1ccc(C)cc1Cl. The van der Waals surface area contributed by atoms with E-state index in [4.69, 9.17) is 16.9 Å². The molecule has 6 heteroatoms. The Kier molecular flexibility index (Phi) is 5.15. The van der Waals surface area contributed by atoms with Crippen molar-refractivity contribution in [3.63, 3.8) is 0 Å². The van der Waals surface area contributed by atoms with Gasteiger partial charge in [-0.15, -0.1) is 0 Å². The van der Waals surface area contributed by atoms with E-state index in [1.165, 1.54) is 10.4 Å². The molecular formula is C12H15ClN2O2S. The van der Waals surface area contributed by atoms with Gasteiger partial charge in [0, 0.05) is 19.5 Å².